The molecule has 68 valence electrons. The molecule has 0 rings (SSSR count). The first kappa shape index (κ1) is 11.0. The van der Waals surface area contributed by atoms with Crippen molar-refractivity contribution in [3.63, 3.8) is 0 Å². The highest BCUT2D eigenvalue weighted by atomic mass is 19.4. The van der Waals surface area contributed by atoms with Gasteiger partial charge in [-0.05, 0) is 6.42 Å². The highest BCUT2D eigenvalue weighted by Gasteiger charge is 2.30. The first-order valence-electron chi connectivity index (χ1n) is 3.58. The predicted molar refractivity (Wildman–Crippen MR) is 43.8 cm³/mol. The minimum atomic E-state index is -4.29. The van der Waals surface area contributed by atoms with Crippen molar-refractivity contribution in [2.45, 2.75) is 19.5 Å². The summed E-state index contributed by atoms with van der Waals surface area (Å²) >= 11 is 0. The molecule has 0 amide bonds. The molecule has 0 aromatic carbocycles. The van der Waals surface area contributed by atoms with Crippen molar-refractivity contribution in [1.82, 2.24) is 0 Å². The number of rotatable bonds is 3. The van der Waals surface area contributed by atoms with E-state index in [1.165, 1.54) is 6.08 Å². The van der Waals surface area contributed by atoms with Crippen LogP contribution >= 0.6 is 0 Å². The fourth-order valence-corrected chi connectivity index (χ4v) is 0.586. The lowest BCUT2D eigenvalue weighted by Crippen LogP contribution is -2.09. The van der Waals surface area contributed by atoms with E-state index in [2.05, 4.69) is 6.58 Å². The monoisotopic (exact) mass is 176 g/mol. The molecule has 0 aliphatic carbocycles. The molecule has 0 aliphatic heterocycles. The van der Waals surface area contributed by atoms with Gasteiger partial charge in [0.25, 0.3) is 0 Å². The quantitative estimate of drug-likeness (QED) is 0.576. The van der Waals surface area contributed by atoms with Gasteiger partial charge >= 0.3 is 6.18 Å². The molecule has 3 heteroatoms. The van der Waals surface area contributed by atoms with E-state index >= 15 is 0 Å². The third-order valence-electron chi connectivity index (χ3n) is 1.19. The van der Waals surface area contributed by atoms with Gasteiger partial charge in [-0.3, -0.25) is 0 Å². The third kappa shape index (κ3) is 4.01. The molecule has 0 atom stereocenters. The van der Waals surface area contributed by atoms with Crippen molar-refractivity contribution in [3.05, 3.63) is 36.5 Å². The summed E-state index contributed by atoms with van der Waals surface area (Å²) in [6, 6.07) is 0. The second-order valence-corrected chi connectivity index (χ2v) is 2.16. The Kier molecular flexibility index (Phi) is 4.40. The van der Waals surface area contributed by atoms with Crippen LogP contribution in [0.1, 0.15) is 13.3 Å². The van der Waals surface area contributed by atoms with Gasteiger partial charge < -0.3 is 0 Å². The average Bonchev–Trinajstić information content (AvgIpc) is 1.95. The Morgan fingerprint density at radius 2 is 2.00 bits per heavy atom. The van der Waals surface area contributed by atoms with Gasteiger partial charge in [0, 0.05) is 0 Å². The largest absolute Gasteiger partial charge is 0.416 e. The number of hydrogen-bond acceptors (Lipinski definition) is 0. The zero-order chi connectivity index (χ0) is 9.61. The summed E-state index contributed by atoms with van der Waals surface area (Å²) in [7, 11) is 0. The second kappa shape index (κ2) is 4.80. The molecule has 0 radical (unpaired) electrons. The highest BCUT2D eigenvalue weighted by molar-refractivity contribution is 5.26. The van der Waals surface area contributed by atoms with Gasteiger partial charge in [0.2, 0.25) is 0 Å². The maximum atomic E-state index is 12.0. The molecule has 0 bridgehead atoms. The second-order valence-electron chi connectivity index (χ2n) is 2.16. The minimum absolute atomic E-state index is 0.716. The van der Waals surface area contributed by atoms with Gasteiger partial charge in [0.05, 0.1) is 5.57 Å². The van der Waals surface area contributed by atoms with E-state index in [4.69, 9.17) is 0 Å². The van der Waals surface area contributed by atoms with Crippen LogP contribution in [0.3, 0.4) is 0 Å². The van der Waals surface area contributed by atoms with Crippen LogP contribution in [-0.4, -0.2) is 6.18 Å². The lowest BCUT2D eigenvalue weighted by atomic mass is 10.2. The van der Waals surface area contributed by atoms with Gasteiger partial charge in [-0.2, -0.15) is 13.2 Å². The molecule has 0 aliphatic rings. The van der Waals surface area contributed by atoms with Crippen molar-refractivity contribution in [2.75, 3.05) is 0 Å². The normalized spacial score (nSPS) is 13.8. The van der Waals surface area contributed by atoms with Crippen LogP contribution in [0.25, 0.3) is 0 Å². The average molecular weight is 176 g/mol. The molecule has 12 heavy (non-hydrogen) atoms. The fourth-order valence-electron chi connectivity index (χ4n) is 0.586. The number of allylic oxidation sites excluding steroid dienone is 5. The van der Waals surface area contributed by atoms with Gasteiger partial charge in [0.15, 0.2) is 0 Å². The molecule has 0 aromatic heterocycles. The molecule has 0 fully saturated rings. The first-order valence-corrected chi connectivity index (χ1v) is 3.58. The van der Waals surface area contributed by atoms with E-state index in [1.54, 1.807) is 6.08 Å². The van der Waals surface area contributed by atoms with E-state index in [0.29, 0.717) is 0 Å². The summed E-state index contributed by atoms with van der Waals surface area (Å²) in [5.74, 6) is 0. The van der Waals surface area contributed by atoms with E-state index in [0.717, 1.165) is 18.6 Å². The van der Waals surface area contributed by atoms with Crippen molar-refractivity contribution < 1.29 is 13.2 Å². The fraction of sp³-hybridized carbons (Fsp3) is 0.333. The summed E-state index contributed by atoms with van der Waals surface area (Å²) < 4.78 is 35.9. The Balaban J connectivity index is 4.45. The maximum absolute atomic E-state index is 12.0. The SMILES string of the molecule is C=C/C(=C\C=C/CC)C(F)(F)F. The van der Waals surface area contributed by atoms with Crippen LogP contribution in [0.4, 0.5) is 13.2 Å². The molecular formula is C9H11F3. The zero-order valence-electron chi connectivity index (χ0n) is 6.86. The van der Waals surface area contributed by atoms with Crippen LogP contribution in [0.2, 0.25) is 0 Å². The van der Waals surface area contributed by atoms with Crippen LogP contribution in [-0.2, 0) is 0 Å². The van der Waals surface area contributed by atoms with Crippen molar-refractivity contribution >= 4 is 0 Å². The predicted octanol–water partition coefficient (Wildman–Crippen LogP) is 3.63. The topological polar surface area (TPSA) is 0 Å². The number of alkyl halides is 3. The number of hydrogen-bond donors (Lipinski definition) is 0. The van der Waals surface area contributed by atoms with Gasteiger partial charge in [-0.25, -0.2) is 0 Å². The molecular weight excluding hydrogens is 165 g/mol. The van der Waals surface area contributed by atoms with Gasteiger partial charge in [-0.15, -0.1) is 0 Å². The smallest absolute Gasteiger partial charge is 0.166 e. The van der Waals surface area contributed by atoms with Crippen molar-refractivity contribution in [2.24, 2.45) is 0 Å². The third-order valence-corrected chi connectivity index (χ3v) is 1.19. The zero-order valence-corrected chi connectivity index (χ0v) is 6.86. The standard InChI is InChI=1S/C9H11F3/c1-3-5-6-7-8(4-2)9(10,11)12/h4-7H,2-3H2,1H3/b6-5-,8-7+. The lowest BCUT2D eigenvalue weighted by molar-refractivity contribution is -0.0881. The van der Waals surface area contributed by atoms with Crippen LogP contribution < -0.4 is 0 Å². The van der Waals surface area contributed by atoms with E-state index in [9.17, 15) is 13.2 Å². The van der Waals surface area contributed by atoms with E-state index in [-0.39, 0.29) is 0 Å². The molecule has 0 saturated carbocycles. The molecule has 0 unspecified atom stereocenters. The summed E-state index contributed by atoms with van der Waals surface area (Å²) in [5.41, 5.74) is -0.716. The van der Waals surface area contributed by atoms with Gasteiger partial charge in [0.1, 0.15) is 0 Å². The van der Waals surface area contributed by atoms with Crippen LogP contribution in [0.5, 0.6) is 0 Å². The van der Waals surface area contributed by atoms with Crippen LogP contribution in [0, 0.1) is 0 Å². The first-order chi connectivity index (χ1) is 5.52. The molecule has 0 saturated heterocycles. The Morgan fingerprint density at radius 3 is 2.33 bits per heavy atom. The molecule has 0 aromatic rings. The highest BCUT2D eigenvalue weighted by Crippen LogP contribution is 2.25. The Bertz CT molecular complexity index is 196. The number of halogens is 3. The van der Waals surface area contributed by atoms with Crippen molar-refractivity contribution in [1.29, 1.82) is 0 Å². The van der Waals surface area contributed by atoms with Gasteiger partial charge in [-0.1, -0.05) is 37.8 Å². The summed E-state index contributed by atoms with van der Waals surface area (Å²) in [5, 5.41) is 0. The summed E-state index contributed by atoms with van der Waals surface area (Å²) in [6.45, 7) is 4.94. The lowest BCUT2D eigenvalue weighted by Gasteiger charge is -2.04. The Hall–Kier alpha value is -0.990. The molecule has 0 N–H and O–H groups in total. The maximum Gasteiger partial charge on any atom is 0.416 e. The minimum Gasteiger partial charge on any atom is -0.166 e. The summed E-state index contributed by atoms with van der Waals surface area (Å²) in [4.78, 5) is 0. The summed E-state index contributed by atoms with van der Waals surface area (Å²) in [6.07, 6.45) is 1.27. The van der Waals surface area contributed by atoms with Crippen molar-refractivity contribution in [3.8, 4) is 0 Å². The van der Waals surface area contributed by atoms with E-state index in [1.807, 2.05) is 6.92 Å². The Morgan fingerprint density at radius 1 is 1.42 bits per heavy atom. The Labute approximate surface area is 70.1 Å². The molecule has 0 heterocycles. The molecule has 0 spiro atoms. The molecule has 0 nitrogen and oxygen atoms in total. The van der Waals surface area contributed by atoms with Crippen LogP contribution in [0.15, 0.2) is 36.5 Å². The van der Waals surface area contributed by atoms with E-state index < -0.39 is 11.7 Å².